The van der Waals surface area contributed by atoms with Gasteiger partial charge in [-0.05, 0) is 18.6 Å². The summed E-state index contributed by atoms with van der Waals surface area (Å²) in [4.78, 5) is 23.7. The average molecular weight is 366 g/mol. The highest BCUT2D eigenvalue weighted by molar-refractivity contribution is 5.97. The van der Waals surface area contributed by atoms with Gasteiger partial charge >= 0.3 is 0 Å². The van der Waals surface area contributed by atoms with Crippen LogP contribution in [0.15, 0.2) is 36.7 Å². The van der Waals surface area contributed by atoms with Crippen LogP contribution in [0.4, 0.5) is 0 Å². The first-order valence-corrected chi connectivity index (χ1v) is 9.02. The first-order chi connectivity index (χ1) is 13.2. The molecule has 1 atom stereocenters. The van der Waals surface area contributed by atoms with E-state index in [1.165, 1.54) is 0 Å². The van der Waals surface area contributed by atoms with Crippen LogP contribution in [0.1, 0.15) is 28.4 Å². The molecule has 3 heterocycles. The molecule has 8 heteroatoms. The van der Waals surface area contributed by atoms with Crippen LogP contribution in [0.25, 0.3) is 11.2 Å². The van der Waals surface area contributed by atoms with Crippen molar-refractivity contribution in [3.05, 3.63) is 47.9 Å². The number of para-hydroxylation sites is 1. The molecule has 4 rings (SSSR count). The molecule has 1 aromatic carbocycles. The third kappa shape index (κ3) is 3.12. The molecule has 140 valence electrons. The van der Waals surface area contributed by atoms with Gasteiger partial charge in [-0.25, -0.2) is 14.6 Å². The summed E-state index contributed by atoms with van der Waals surface area (Å²) >= 11 is 0. The summed E-state index contributed by atoms with van der Waals surface area (Å²) in [6.45, 7) is 2.34. The molecule has 27 heavy (non-hydrogen) atoms. The number of benzene rings is 1. The number of ether oxygens (including phenoxy) is 1. The van der Waals surface area contributed by atoms with E-state index in [9.17, 15) is 4.79 Å². The quantitative estimate of drug-likeness (QED) is 0.733. The van der Waals surface area contributed by atoms with Crippen molar-refractivity contribution in [2.75, 3.05) is 26.7 Å². The largest absolute Gasteiger partial charge is 0.496 e. The number of likely N-dealkylation sites (tertiary alicyclic amines) is 1. The zero-order valence-electron chi connectivity index (χ0n) is 15.2. The number of aromatic nitrogens is 4. The van der Waals surface area contributed by atoms with Crippen LogP contribution in [0.2, 0.25) is 0 Å². The van der Waals surface area contributed by atoms with Gasteiger partial charge in [-0.2, -0.15) is 5.10 Å². The normalized spacial score (nSPS) is 16.8. The lowest BCUT2D eigenvalue weighted by molar-refractivity contribution is 0.0787. The Kier molecular flexibility index (Phi) is 4.72. The summed E-state index contributed by atoms with van der Waals surface area (Å²) in [5.74, 6) is 0.697. The van der Waals surface area contributed by atoms with Crippen LogP contribution >= 0.6 is 0 Å². The van der Waals surface area contributed by atoms with Gasteiger partial charge in [-0.15, -0.1) is 0 Å². The van der Waals surface area contributed by atoms with E-state index in [4.69, 9.17) is 15.6 Å². The minimum atomic E-state index is -0.0215. The minimum absolute atomic E-state index is 0.0215. The standard InChI is InChI=1S/C19H22N6O2/c1-27-15-5-3-2-4-14(15)19(26)24-10-6-13(12-24)16-17-18(22-9-8-21-17)25(23-16)11-7-20/h2-5,8-9,13H,6-7,10-12,20H2,1H3/t13-/m0/s1. The Balaban J connectivity index is 1.60. The van der Waals surface area contributed by atoms with Crippen molar-refractivity contribution in [1.29, 1.82) is 0 Å². The summed E-state index contributed by atoms with van der Waals surface area (Å²) in [7, 11) is 1.58. The van der Waals surface area contributed by atoms with Gasteiger partial charge in [-0.3, -0.25) is 4.79 Å². The van der Waals surface area contributed by atoms with E-state index >= 15 is 0 Å². The topological polar surface area (TPSA) is 99.2 Å². The maximum absolute atomic E-state index is 13.0. The molecule has 1 aliphatic rings. The van der Waals surface area contributed by atoms with E-state index in [1.807, 2.05) is 21.7 Å². The van der Waals surface area contributed by atoms with Gasteiger partial charge in [-0.1, -0.05) is 12.1 Å². The van der Waals surface area contributed by atoms with Crippen molar-refractivity contribution in [3.63, 3.8) is 0 Å². The maximum atomic E-state index is 13.0. The number of carbonyl (C=O) groups is 1. The third-order valence-corrected chi connectivity index (χ3v) is 4.93. The first-order valence-electron chi connectivity index (χ1n) is 9.02. The van der Waals surface area contributed by atoms with Crippen LogP contribution in [-0.4, -0.2) is 57.3 Å². The summed E-state index contributed by atoms with van der Waals surface area (Å²) in [5.41, 5.74) is 8.70. The number of rotatable bonds is 5. The Hall–Kier alpha value is -3.00. The zero-order valence-corrected chi connectivity index (χ0v) is 15.2. The number of methoxy groups -OCH3 is 1. The molecule has 3 aromatic rings. The SMILES string of the molecule is COc1ccccc1C(=O)N1CC[C@H](c2nn(CCN)c3nccnc23)C1. The zero-order chi connectivity index (χ0) is 18.8. The fraction of sp³-hybridized carbons (Fsp3) is 0.368. The minimum Gasteiger partial charge on any atom is -0.496 e. The van der Waals surface area contributed by atoms with Crippen LogP contribution < -0.4 is 10.5 Å². The fourth-order valence-corrected chi connectivity index (χ4v) is 3.64. The molecule has 2 aromatic heterocycles. The molecule has 0 spiro atoms. The van der Waals surface area contributed by atoms with E-state index in [0.29, 0.717) is 37.5 Å². The lowest BCUT2D eigenvalue weighted by atomic mass is 10.0. The Bertz CT molecular complexity index is 970. The molecule has 8 nitrogen and oxygen atoms in total. The van der Waals surface area contributed by atoms with E-state index in [1.54, 1.807) is 31.6 Å². The molecule has 0 aliphatic carbocycles. The van der Waals surface area contributed by atoms with Gasteiger partial charge in [0.2, 0.25) is 0 Å². The number of nitrogens with two attached hydrogens (primary N) is 1. The highest BCUT2D eigenvalue weighted by Gasteiger charge is 2.32. The maximum Gasteiger partial charge on any atom is 0.257 e. The lowest BCUT2D eigenvalue weighted by Gasteiger charge is -2.17. The second-order valence-corrected chi connectivity index (χ2v) is 6.56. The van der Waals surface area contributed by atoms with E-state index in [-0.39, 0.29) is 11.8 Å². The van der Waals surface area contributed by atoms with Crippen molar-refractivity contribution in [2.45, 2.75) is 18.9 Å². The number of carbonyl (C=O) groups excluding carboxylic acids is 1. The third-order valence-electron chi connectivity index (χ3n) is 4.93. The molecule has 0 bridgehead atoms. The molecule has 1 saturated heterocycles. The van der Waals surface area contributed by atoms with E-state index in [0.717, 1.165) is 23.3 Å². The fourth-order valence-electron chi connectivity index (χ4n) is 3.64. The molecular formula is C19H22N6O2. The van der Waals surface area contributed by atoms with Gasteiger partial charge < -0.3 is 15.4 Å². The summed E-state index contributed by atoms with van der Waals surface area (Å²) in [6.07, 6.45) is 4.17. The number of fused-ring (bicyclic) bond motifs is 1. The Morgan fingerprint density at radius 2 is 2.11 bits per heavy atom. The predicted octanol–water partition coefficient (Wildman–Crippen LogP) is 1.42. The number of nitrogens with zero attached hydrogens (tertiary/aromatic N) is 5. The van der Waals surface area contributed by atoms with Gasteiger partial charge in [0.05, 0.1) is 24.9 Å². The molecule has 1 aliphatic heterocycles. The van der Waals surface area contributed by atoms with Gasteiger partial charge in [0.1, 0.15) is 11.3 Å². The summed E-state index contributed by atoms with van der Waals surface area (Å²) in [5, 5.41) is 4.71. The molecule has 1 amide bonds. The number of amides is 1. The first kappa shape index (κ1) is 17.4. The van der Waals surface area contributed by atoms with Gasteiger partial charge in [0.25, 0.3) is 5.91 Å². The molecule has 2 N–H and O–H groups in total. The predicted molar refractivity (Wildman–Crippen MR) is 101 cm³/mol. The summed E-state index contributed by atoms with van der Waals surface area (Å²) < 4.78 is 7.14. The van der Waals surface area contributed by atoms with Gasteiger partial charge in [0, 0.05) is 37.9 Å². The van der Waals surface area contributed by atoms with E-state index in [2.05, 4.69) is 9.97 Å². The van der Waals surface area contributed by atoms with Gasteiger partial charge in [0.15, 0.2) is 5.65 Å². The summed E-state index contributed by atoms with van der Waals surface area (Å²) in [6, 6.07) is 7.31. The van der Waals surface area contributed by atoms with Crippen LogP contribution in [0.5, 0.6) is 5.75 Å². The van der Waals surface area contributed by atoms with Crippen LogP contribution in [0, 0.1) is 0 Å². The molecule has 0 radical (unpaired) electrons. The Morgan fingerprint density at radius 3 is 2.93 bits per heavy atom. The smallest absolute Gasteiger partial charge is 0.257 e. The van der Waals surface area contributed by atoms with Crippen molar-refractivity contribution >= 4 is 17.1 Å². The second-order valence-electron chi connectivity index (χ2n) is 6.56. The van der Waals surface area contributed by atoms with Crippen molar-refractivity contribution in [2.24, 2.45) is 5.73 Å². The molecule has 1 fully saturated rings. The average Bonchev–Trinajstić information content (AvgIpc) is 3.33. The Morgan fingerprint density at radius 1 is 1.30 bits per heavy atom. The van der Waals surface area contributed by atoms with E-state index < -0.39 is 0 Å². The van der Waals surface area contributed by atoms with Crippen molar-refractivity contribution in [1.82, 2.24) is 24.6 Å². The molecular weight excluding hydrogens is 344 g/mol. The molecule has 0 unspecified atom stereocenters. The highest BCUT2D eigenvalue weighted by Crippen LogP contribution is 2.32. The van der Waals surface area contributed by atoms with Crippen molar-refractivity contribution < 1.29 is 9.53 Å². The number of hydrogen-bond donors (Lipinski definition) is 1. The monoisotopic (exact) mass is 366 g/mol. The van der Waals surface area contributed by atoms with Crippen molar-refractivity contribution in [3.8, 4) is 5.75 Å². The highest BCUT2D eigenvalue weighted by atomic mass is 16.5. The van der Waals surface area contributed by atoms with Crippen LogP contribution in [-0.2, 0) is 6.54 Å². The number of hydrogen-bond acceptors (Lipinski definition) is 6. The Labute approximate surface area is 157 Å². The van der Waals surface area contributed by atoms with Crippen LogP contribution in [0.3, 0.4) is 0 Å². The lowest BCUT2D eigenvalue weighted by Crippen LogP contribution is -2.28. The molecule has 0 saturated carbocycles. The second kappa shape index (κ2) is 7.32.